The van der Waals surface area contributed by atoms with Crippen molar-refractivity contribution in [1.29, 1.82) is 0 Å². The first-order valence-electron chi connectivity index (χ1n) is 6.22. The summed E-state index contributed by atoms with van der Waals surface area (Å²) in [6.07, 6.45) is 0.987. The molecule has 0 heterocycles. The van der Waals surface area contributed by atoms with E-state index in [1.807, 2.05) is 53.5 Å². The number of benzene rings is 2. The summed E-state index contributed by atoms with van der Waals surface area (Å²) in [4.78, 5) is 1.97. The third kappa shape index (κ3) is 9.64. The summed E-state index contributed by atoms with van der Waals surface area (Å²) in [5.74, 6) is 0. The van der Waals surface area contributed by atoms with E-state index in [0.29, 0.717) is 6.54 Å². The molecule has 2 aromatic carbocycles. The maximum atomic E-state index is 5.36. The van der Waals surface area contributed by atoms with Crippen LogP contribution in [0.25, 0.3) is 0 Å². The van der Waals surface area contributed by atoms with Gasteiger partial charge in [-0.25, -0.2) is 0 Å². The van der Waals surface area contributed by atoms with E-state index in [4.69, 9.17) is 11.5 Å². The lowest BCUT2D eigenvalue weighted by Gasteiger charge is -1.93. The van der Waals surface area contributed by atoms with Gasteiger partial charge in [0.2, 0.25) is 0 Å². The van der Waals surface area contributed by atoms with Crippen molar-refractivity contribution in [3.8, 4) is 0 Å². The van der Waals surface area contributed by atoms with Crippen molar-refractivity contribution < 1.29 is 0 Å². The van der Waals surface area contributed by atoms with E-state index in [9.17, 15) is 0 Å². The molecule has 0 saturated heterocycles. The van der Waals surface area contributed by atoms with Crippen molar-refractivity contribution >= 4 is 22.6 Å². The van der Waals surface area contributed by atoms with Gasteiger partial charge in [-0.3, -0.25) is 0 Å². The number of halogens is 1. The molecule has 4 N–H and O–H groups in total. The first kappa shape index (κ1) is 18.1. The van der Waals surface area contributed by atoms with E-state index in [1.54, 1.807) is 0 Å². The van der Waals surface area contributed by atoms with E-state index < -0.39 is 0 Å². The molecule has 0 saturated carbocycles. The van der Waals surface area contributed by atoms with Crippen LogP contribution in [0.15, 0.2) is 60.7 Å². The Balaban J connectivity index is 0.000000303. The van der Waals surface area contributed by atoms with Crippen molar-refractivity contribution in [3.05, 3.63) is 71.8 Å². The fraction of sp³-hybridized carbons (Fsp3) is 0.250. The second-order valence-electron chi connectivity index (χ2n) is 3.71. The van der Waals surface area contributed by atoms with E-state index in [-0.39, 0.29) is 0 Å². The molecule has 0 aliphatic carbocycles. The second-order valence-corrected chi connectivity index (χ2v) is 3.71. The summed E-state index contributed by atoms with van der Waals surface area (Å²) in [5.41, 5.74) is 13.2. The fourth-order valence-electron chi connectivity index (χ4n) is 1.43. The highest BCUT2D eigenvalue weighted by atomic mass is 127. The predicted molar refractivity (Wildman–Crippen MR) is 93.5 cm³/mol. The van der Waals surface area contributed by atoms with Gasteiger partial charge in [-0.05, 0) is 29.0 Å². The minimum atomic E-state index is 0.640. The van der Waals surface area contributed by atoms with Gasteiger partial charge < -0.3 is 11.5 Å². The van der Waals surface area contributed by atoms with E-state index >= 15 is 0 Å². The maximum Gasteiger partial charge on any atom is 0.0178 e. The third-order valence-corrected chi connectivity index (χ3v) is 2.35. The van der Waals surface area contributed by atoms with Crippen LogP contribution < -0.4 is 11.5 Å². The van der Waals surface area contributed by atoms with Gasteiger partial charge in [0, 0.05) is 6.54 Å². The van der Waals surface area contributed by atoms with E-state index in [2.05, 4.69) is 34.7 Å². The fourth-order valence-corrected chi connectivity index (χ4v) is 1.43. The Morgan fingerprint density at radius 3 is 1.47 bits per heavy atom. The van der Waals surface area contributed by atoms with Gasteiger partial charge in [-0.2, -0.15) is 0 Å². The highest BCUT2D eigenvalue weighted by molar-refractivity contribution is 14.1. The van der Waals surface area contributed by atoms with Gasteiger partial charge in [0.05, 0.1) is 0 Å². The Bertz CT molecular complexity index is 390. The molecule has 3 heteroatoms. The van der Waals surface area contributed by atoms with Crippen LogP contribution in [-0.4, -0.2) is 11.5 Å². The summed E-state index contributed by atoms with van der Waals surface area (Å²) in [5, 5.41) is 0. The molecule has 0 aromatic heterocycles. The first-order valence-corrected chi connectivity index (χ1v) is 8.38. The number of alkyl halides is 1. The Kier molecular flexibility index (Phi) is 12.9. The molecule has 0 aliphatic rings. The normalized spacial score (nSPS) is 8.63. The SMILES string of the molecule is CI.NCCc1ccccc1.NCc1ccccc1. The quantitative estimate of drug-likeness (QED) is 0.643. The molecule has 19 heavy (non-hydrogen) atoms. The molecule has 0 unspecified atom stereocenters. The second kappa shape index (κ2) is 13.5. The molecule has 0 atom stereocenters. The van der Waals surface area contributed by atoms with Crippen LogP contribution in [0.5, 0.6) is 0 Å². The summed E-state index contributed by atoms with van der Waals surface area (Å²) >= 11 is 2.15. The summed E-state index contributed by atoms with van der Waals surface area (Å²) in [7, 11) is 0. The van der Waals surface area contributed by atoms with Crippen LogP contribution in [0.3, 0.4) is 0 Å². The molecule has 0 fully saturated rings. The maximum absolute atomic E-state index is 5.36. The standard InChI is InChI=1S/C8H11N.C7H9N.CH3I/c9-7-6-8-4-2-1-3-5-8;8-6-7-4-2-1-3-5-7;1-2/h1-5H,6-7,9H2;1-5H,6,8H2;1H3. The number of nitrogens with two attached hydrogens (primary N) is 2. The minimum Gasteiger partial charge on any atom is -0.330 e. The monoisotopic (exact) mass is 370 g/mol. The molecule has 2 nitrogen and oxygen atoms in total. The highest BCUT2D eigenvalue weighted by Crippen LogP contribution is 1.96. The smallest absolute Gasteiger partial charge is 0.0178 e. The van der Waals surface area contributed by atoms with Gasteiger partial charge in [0.25, 0.3) is 0 Å². The van der Waals surface area contributed by atoms with E-state index in [0.717, 1.165) is 13.0 Å². The van der Waals surface area contributed by atoms with Gasteiger partial charge in [0.15, 0.2) is 0 Å². The van der Waals surface area contributed by atoms with Crippen LogP contribution in [-0.2, 0) is 13.0 Å². The molecule has 104 valence electrons. The molecular weight excluding hydrogens is 347 g/mol. The minimum absolute atomic E-state index is 0.640. The van der Waals surface area contributed by atoms with Crippen molar-refractivity contribution in [2.75, 3.05) is 11.5 Å². The zero-order chi connectivity index (χ0) is 14.3. The molecule has 0 amide bonds. The van der Waals surface area contributed by atoms with Crippen molar-refractivity contribution in [1.82, 2.24) is 0 Å². The summed E-state index contributed by atoms with van der Waals surface area (Å²) < 4.78 is 0. The number of hydrogen-bond acceptors (Lipinski definition) is 2. The molecular formula is C16H23IN2. The third-order valence-electron chi connectivity index (χ3n) is 2.35. The van der Waals surface area contributed by atoms with Crippen molar-refractivity contribution in [3.63, 3.8) is 0 Å². The predicted octanol–water partition coefficient (Wildman–Crippen LogP) is 3.38. The molecule has 2 rings (SSSR count). The van der Waals surface area contributed by atoms with Gasteiger partial charge in [-0.15, -0.1) is 0 Å². The Labute approximate surface area is 130 Å². The Morgan fingerprint density at radius 1 is 0.737 bits per heavy atom. The van der Waals surface area contributed by atoms with Crippen LogP contribution in [0.2, 0.25) is 0 Å². The Hall–Kier alpha value is -0.910. The lowest BCUT2D eigenvalue weighted by molar-refractivity contribution is 0.969. The highest BCUT2D eigenvalue weighted by Gasteiger charge is 1.84. The van der Waals surface area contributed by atoms with Gasteiger partial charge >= 0.3 is 0 Å². The van der Waals surface area contributed by atoms with Crippen LogP contribution >= 0.6 is 22.6 Å². The molecule has 0 aliphatic heterocycles. The van der Waals surface area contributed by atoms with Crippen molar-refractivity contribution in [2.45, 2.75) is 13.0 Å². The number of hydrogen-bond donors (Lipinski definition) is 2. The Morgan fingerprint density at radius 2 is 1.16 bits per heavy atom. The van der Waals surface area contributed by atoms with E-state index in [1.165, 1.54) is 11.1 Å². The zero-order valence-corrected chi connectivity index (χ0v) is 13.6. The lowest BCUT2D eigenvalue weighted by Crippen LogP contribution is -2.01. The molecule has 0 spiro atoms. The average molecular weight is 370 g/mol. The molecule has 2 aromatic rings. The van der Waals surface area contributed by atoms with Gasteiger partial charge in [-0.1, -0.05) is 83.3 Å². The average Bonchev–Trinajstić information content (AvgIpc) is 2.52. The molecule has 0 bridgehead atoms. The molecule has 0 radical (unpaired) electrons. The van der Waals surface area contributed by atoms with Gasteiger partial charge in [0.1, 0.15) is 0 Å². The zero-order valence-electron chi connectivity index (χ0n) is 11.4. The lowest BCUT2D eigenvalue weighted by atomic mass is 10.2. The summed E-state index contributed by atoms with van der Waals surface area (Å²) in [6, 6.07) is 20.2. The first-order chi connectivity index (χ1) is 9.36. The summed E-state index contributed by atoms with van der Waals surface area (Å²) in [6.45, 7) is 1.38. The number of rotatable bonds is 3. The van der Waals surface area contributed by atoms with Crippen molar-refractivity contribution in [2.24, 2.45) is 11.5 Å². The van der Waals surface area contributed by atoms with Crippen LogP contribution in [0, 0.1) is 0 Å². The topological polar surface area (TPSA) is 52.0 Å². The largest absolute Gasteiger partial charge is 0.330 e. The van der Waals surface area contributed by atoms with Crippen LogP contribution in [0.1, 0.15) is 11.1 Å². The van der Waals surface area contributed by atoms with Crippen LogP contribution in [0.4, 0.5) is 0 Å².